The molecular weight excluding hydrogens is 177 g/mol. The molecule has 0 amide bonds. The third-order valence-corrected chi connectivity index (χ3v) is 1.01. The lowest BCUT2D eigenvalue weighted by molar-refractivity contribution is 0.543. The quantitative estimate of drug-likeness (QED) is 0.581. The fourth-order valence-corrected chi connectivity index (χ4v) is 0.379. The van der Waals surface area contributed by atoms with E-state index in [-0.39, 0.29) is 4.60 Å². The van der Waals surface area contributed by atoms with E-state index in [4.69, 9.17) is 0 Å². The first-order chi connectivity index (χ1) is 3.80. The van der Waals surface area contributed by atoms with E-state index >= 15 is 0 Å². The lowest BCUT2D eigenvalue weighted by Crippen LogP contribution is -1.90. The van der Waals surface area contributed by atoms with Gasteiger partial charge in [0, 0.05) is 0 Å². The van der Waals surface area contributed by atoms with E-state index in [0.29, 0.717) is 0 Å². The number of aromatic nitrogens is 3. The van der Waals surface area contributed by atoms with Crippen molar-refractivity contribution in [2.45, 2.75) is 0 Å². The summed E-state index contributed by atoms with van der Waals surface area (Å²) < 4.78 is 12.1. The van der Waals surface area contributed by atoms with Crippen LogP contribution in [-0.2, 0) is 0 Å². The van der Waals surface area contributed by atoms with Crippen molar-refractivity contribution in [3.05, 3.63) is 16.9 Å². The van der Waals surface area contributed by atoms with Gasteiger partial charge in [-0.1, -0.05) is 0 Å². The van der Waals surface area contributed by atoms with Crippen LogP contribution < -0.4 is 0 Å². The Balaban J connectivity index is 3.13. The van der Waals surface area contributed by atoms with E-state index in [2.05, 4.69) is 37.4 Å². The molecule has 5 heteroatoms. The lowest BCUT2D eigenvalue weighted by Gasteiger charge is -1.83. The van der Waals surface area contributed by atoms with Gasteiger partial charge in [0.05, 0.1) is 0 Å². The van der Waals surface area contributed by atoms with Crippen LogP contribution in [0.25, 0.3) is 0 Å². The van der Waals surface area contributed by atoms with Crippen molar-refractivity contribution >= 4 is 15.9 Å². The van der Waals surface area contributed by atoms with Crippen molar-refractivity contribution in [3.8, 4) is 0 Å². The lowest BCUT2D eigenvalue weighted by atomic mass is 10.9. The fourth-order valence-electron chi connectivity index (χ4n) is 0.220. The molecular formula is C3BrFN3. The highest BCUT2D eigenvalue weighted by Gasteiger charge is 1.96. The van der Waals surface area contributed by atoms with Crippen molar-refractivity contribution in [1.29, 1.82) is 0 Å². The smallest absolute Gasteiger partial charge is 0.212 e. The number of nitrogens with zero attached hydrogens (tertiary/aromatic N) is 3. The topological polar surface area (TPSA) is 38.7 Å². The van der Waals surface area contributed by atoms with Gasteiger partial charge in [0.25, 0.3) is 5.95 Å². The highest BCUT2D eigenvalue weighted by molar-refractivity contribution is 9.10. The highest BCUT2D eigenvalue weighted by atomic mass is 79.9. The fraction of sp³-hybridized carbons (Fsp3) is 0. The zero-order chi connectivity index (χ0) is 5.98. The second-order valence-corrected chi connectivity index (χ2v) is 1.74. The van der Waals surface area contributed by atoms with Gasteiger partial charge in [0.2, 0.25) is 6.33 Å². The van der Waals surface area contributed by atoms with Crippen LogP contribution in [0.5, 0.6) is 0 Å². The first kappa shape index (κ1) is 5.55. The summed E-state index contributed by atoms with van der Waals surface area (Å²) >= 11 is 2.78. The zero-order valence-corrected chi connectivity index (χ0v) is 5.18. The molecule has 41 valence electrons. The Hall–Kier alpha value is -0.580. The van der Waals surface area contributed by atoms with Crippen LogP contribution in [0.15, 0.2) is 4.60 Å². The summed E-state index contributed by atoms with van der Waals surface area (Å²) in [6.07, 6.45) is 2.10. The Bertz CT molecular complexity index is 171. The van der Waals surface area contributed by atoms with Crippen molar-refractivity contribution < 1.29 is 4.39 Å². The second kappa shape index (κ2) is 2.13. The molecule has 0 unspecified atom stereocenters. The van der Waals surface area contributed by atoms with Crippen molar-refractivity contribution in [3.63, 3.8) is 0 Å². The first-order valence-electron chi connectivity index (χ1n) is 1.72. The minimum Gasteiger partial charge on any atom is -0.212 e. The van der Waals surface area contributed by atoms with Gasteiger partial charge in [-0.25, -0.2) is 4.98 Å². The van der Waals surface area contributed by atoms with Crippen LogP contribution in [0.3, 0.4) is 0 Å². The Labute approximate surface area is 53.1 Å². The standard InChI is InChI=1S/C3BrFN3/c4-2-3(5)8-7-1-6-2. The maximum absolute atomic E-state index is 12.0. The predicted octanol–water partition coefficient (Wildman–Crippen LogP) is 0.573. The number of hydrogen-bond donors (Lipinski definition) is 0. The summed E-state index contributed by atoms with van der Waals surface area (Å²) in [6.45, 7) is 0. The molecule has 0 fully saturated rings. The average Bonchev–Trinajstić information content (AvgIpc) is 1.77. The third kappa shape index (κ3) is 0.975. The molecule has 1 rings (SSSR count). The first-order valence-corrected chi connectivity index (χ1v) is 2.52. The van der Waals surface area contributed by atoms with Gasteiger partial charge in [0.15, 0.2) is 4.60 Å². The molecule has 0 spiro atoms. The molecule has 0 aliphatic rings. The van der Waals surface area contributed by atoms with E-state index in [1.807, 2.05) is 0 Å². The molecule has 1 heterocycles. The zero-order valence-electron chi connectivity index (χ0n) is 3.60. The second-order valence-electron chi connectivity index (χ2n) is 0.993. The van der Waals surface area contributed by atoms with Crippen molar-refractivity contribution in [2.24, 2.45) is 0 Å². The average molecular weight is 177 g/mol. The van der Waals surface area contributed by atoms with Gasteiger partial charge >= 0.3 is 0 Å². The molecule has 0 N–H and O–H groups in total. The summed E-state index contributed by atoms with van der Waals surface area (Å²) in [7, 11) is 0. The van der Waals surface area contributed by atoms with Gasteiger partial charge in [-0.05, 0) is 15.9 Å². The van der Waals surface area contributed by atoms with Gasteiger partial charge in [-0.15, -0.1) is 10.2 Å². The molecule has 1 aromatic heterocycles. The number of rotatable bonds is 0. The molecule has 8 heavy (non-hydrogen) atoms. The van der Waals surface area contributed by atoms with E-state index in [0.717, 1.165) is 0 Å². The van der Waals surface area contributed by atoms with Crippen LogP contribution in [0.1, 0.15) is 0 Å². The molecule has 1 aromatic rings. The minimum atomic E-state index is -0.719. The summed E-state index contributed by atoms with van der Waals surface area (Å²) in [4.78, 5) is 3.32. The maximum Gasteiger partial charge on any atom is 0.265 e. The Morgan fingerprint density at radius 1 is 1.62 bits per heavy atom. The van der Waals surface area contributed by atoms with E-state index in [1.54, 1.807) is 0 Å². The maximum atomic E-state index is 12.0. The molecule has 0 saturated carbocycles. The van der Waals surface area contributed by atoms with Gasteiger partial charge < -0.3 is 0 Å². The van der Waals surface area contributed by atoms with E-state index in [1.165, 1.54) is 0 Å². The summed E-state index contributed by atoms with van der Waals surface area (Å²) in [5, 5.41) is 6.05. The van der Waals surface area contributed by atoms with Gasteiger partial charge in [-0.3, -0.25) is 0 Å². The number of hydrogen-bond acceptors (Lipinski definition) is 3. The third-order valence-electron chi connectivity index (χ3n) is 0.501. The van der Waals surface area contributed by atoms with Crippen molar-refractivity contribution in [2.75, 3.05) is 0 Å². The van der Waals surface area contributed by atoms with E-state index in [9.17, 15) is 4.39 Å². The monoisotopic (exact) mass is 176 g/mol. The molecule has 0 aliphatic carbocycles. The normalized spacial score (nSPS) is 9.25. The van der Waals surface area contributed by atoms with Gasteiger partial charge in [0.1, 0.15) is 0 Å². The molecule has 0 saturated heterocycles. The molecule has 0 aromatic carbocycles. The predicted molar refractivity (Wildman–Crippen MR) is 26.3 cm³/mol. The molecule has 0 bridgehead atoms. The molecule has 3 nitrogen and oxygen atoms in total. The largest absolute Gasteiger partial charge is 0.265 e. The minimum absolute atomic E-state index is 0.0347. The molecule has 1 radical (unpaired) electrons. The number of halogens is 2. The van der Waals surface area contributed by atoms with Gasteiger partial charge in [-0.2, -0.15) is 4.39 Å². The summed E-state index contributed by atoms with van der Waals surface area (Å²) in [5.41, 5.74) is 0. The van der Waals surface area contributed by atoms with Crippen LogP contribution in [0, 0.1) is 12.3 Å². The van der Waals surface area contributed by atoms with Crippen LogP contribution >= 0.6 is 15.9 Å². The van der Waals surface area contributed by atoms with Crippen molar-refractivity contribution in [1.82, 2.24) is 15.2 Å². The summed E-state index contributed by atoms with van der Waals surface area (Å²) in [6, 6.07) is 0. The van der Waals surface area contributed by atoms with Crippen LogP contribution in [0.2, 0.25) is 0 Å². The van der Waals surface area contributed by atoms with Crippen LogP contribution in [-0.4, -0.2) is 15.2 Å². The van der Waals surface area contributed by atoms with Crippen LogP contribution in [0.4, 0.5) is 4.39 Å². The molecule has 0 atom stereocenters. The Morgan fingerprint density at radius 2 is 2.38 bits per heavy atom. The Morgan fingerprint density at radius 3 is 2.75 bits per heavy atom. The highest BCUT2D eigenvalue weighted by Crippen LogP contribution is 2.04. The molecule has 0 aliphatic heterocycles. The Kier molecular flexibility index (Phi) is 1.48. The van der Waals surface area contributed by atoms with E-state index < -0.39 is 5.95 Å². The SMILES string of the molecule is Fc1nn[c]nc1Br. The summed E-state index contributed by atoms with van der Waals surface area (Å²) in [5.74, 6) is -0.719.